The van der Waals surface area contributed by atoms with Crippen molar-refractivity contribution in [2.75, 3.05) is 37.5 Å². The Morgan fingerprint density at radius 2 is 2.07 bits per heavy atom. The van der Waals surface area contributed by atoms with E-state index in [-0.39, 0.29) is 5.60 Å². The van der Waals surface area contributed by atoms with Gasteiger partial charge in [-0.05, 0) is 48.8 Å². The largest absolute Gasteiger partial charge is 0.378 e. The zero-order valence-electron chi connectivity index (χ0n) is 16.0. The molecule has 2 aliphatic heterocycles. The summed E-state index contributed by atoms with van der Waals surface area (Å²) < 4.78 is 13.3. The third-order valence-electron chi connectivity index (χ3n) is 6.08. The first-order valence-electron chi connectivity index (χ1n) is 9.88. The number of morpholine rings is 1. The molecule has 0 bridgehead atoms. The number of ether oxygens (including phenoxy) is 2. The molecule has 148 valence electrons. The Morgan fingerprint density at radius 1 is 1.21 bits per heavy atom. The number of hydrogen-bond acceptors (Lipinski definition) is 6. The lowest BCUT2D eigenvalue weighted by atomic mass is 9.75. The molecule has 1 aromatic heterocycles. The van der Waals surface area contributed by atoms with Gasteiger partial charge < -0.3 is 14.4 Å². The van der Waals surface area contributed by atoms with Crippen molar-refractivity contribution >= 4 is 33.5 Å². The maximum Gasteiger partial charge on any atom is 0.189 e. The molecule has 1 fully saturated rings. The van der Waals surface area contributed by atoms with Gasteiger partial charge in [-0.2, -0.15) is 0 Å². The lowest BCUT2D eigenvalue weighted by Crippen LogP contribution is -2.42. The van der Waals surface area contributed by atoms with Crippen LogP contribution >= 0.6 is 27.7 Å². The summed E-state index contributed by atoms with van der Waals surface area (Å²) in [6.45, 7) is 3.82. The van der Waals surface area contributed by atoms with E-state index in [0.717, 1.165) is 78.7 Å². The molecule has 1 spiro atoms. The van der Waals surface area contributed by atoms with Crippen molar-refractivity contribution in [1.82, 2.24) is 9.97 Å². The monoisotopic (exact) mass is 461 g/mol. The Labute approximate surface area is 178 Å². The molecule has 5 rings (SSSR count). The van der Waals surface area contributed by atoms with Crippen LogP contribution in [-0.4, -0.2) is 42.5 Å². The maximum atomic E-state index is 6.65. The Balaban J connectivity index is 1.57. The van der Waals surface area contributed by atoms with Gasteiger partial charge in [-0.3, -0.25) is 0 Å². The molecule has 1 aliphatic carbocycles. The van der Waals surface area contributed by atoms with Gasteiger partial charge in [0, 0.05) is 29.5 Å². The molecule has 1 aromatic carbocycles. The second-order valence-corrected chi connectivity index (χ2v) is 9.36. The Kier molecular flexibility index (Phi) is 5.11. The van der Waals surface area contributed by atoms with Gasteiger partial charge in [-0.25, -0.2) is 9.97 Å². The second kappa shape index (κ2) is 7.59. The van der Waals surface area contributed by atoms with E-state index in [0.29, 0.717) is 6.61 Å². The lowest BCUT2D eigenvalue weighted by molar-refractivity contribution is -0.0856. The predicted molar refractivity (Wildman–Crippen MR) is 114 cm³/mol. The van der Waals surface area contributed by atoms with Crippen LogP contribution in [0.25, 0.3) is 0 Å². The van der Waals surface area contributed by atoms with Crippen molar-refractivity contribution in [3.8, 4) is 0 Å². The Morgan fingerprint density at radius 3 is 2.89 bits per heavy atom. The first-order valence-corrected chi connectivity index (χ1v) is 11.9. The van der Waals surface area contributed by atoms with E-state index >= 15 is 0 Å². The van der Waals surface area contributed by atoms with Gasteiger partial charge in [0.2, 0.25) is 0 Å². The highest BCUT2D eigenvalue weighted by Crippen LogP contribution is 2.46. The number of nitrogens with zero attached hydrogens (tertiary/aromatic N) is 3. The van der Waals surface area contributed by atoms with Gasteiger partial charge in [-0.1, -0.05) is 33.8 Å². The molecule has 28 heavy (non-hydrogen) atoms. The lowest BCUT2D eigenvalue weighted by Gasteiger charge is -2.43. The topological polar surface area (TPSA) is 47.5 Å². The van der Waals surface area contributed by atoms with Gasteiger partial charge in [0.05, 0.1) is 31.1 Å². The van der Waals surface area contributed by atoms with Crippen LogP contribution in [-0.2, 0) is 34.5 Å². The maximum absolute atomic E-state index is 6.65. The minimum absolute atomic E-state index is 0.267. The summed E-state index contributed by atoms with van der Waals surface area (Å²) in [7, 11) is 0. The summed E-state index contributed by atoms with van der Waals surface area (Å²) in [5.41, 5.74) is 4.78. The SMILES string of the molecule is CSc1nc2c(c(N3CCOCC3)n1)CO[C@@]1(CCCc3ccc(Br)cc31)C2. The van der Waals surface area contributed by atoms with Crippen LogP contribution in [0.5, 0.6) is 0 Å². The van der Waals surface area contributed by atoms with E-state index < -0.39 is 0 Å². The second-order valence-electron chi connectivity index (χ2n) is 7.67. The quantitative estimate of drug-likeness (QED) is 0.495. The van der Waals surface area contributed by atoms with Crippen molar-refractivity contribution in [3.63, 3.8) is 0 Å². The summed E-state index contributed by atoms with van der Waals surface area (Å²) >= 11 is 5.27. The molecule has 1 atom stereocenters. The van der Waals surface area contributed by atoms with Crippen molar-refractivity contribution in [2.24, 2.45) is 0 Å². The number of aryl methyl sites for hydroxylation is 1. The fourth-order valence-electron chi connectivity index (χ4n) is 4.67. The average molecular weight is 462 g/mol. The summed E-state index contributed by atoms with van der Waals surface area (Å²) in [6.07, 6.45) is 6.19. The molecule has 1 saturated heterocycles. The number of fused-ring (bicyclic) bond motifs is 3. The molecule has 5 nitrogen and oxygen atoms in total. The minimum Gasteiger partial charge on any atom is -0.378 e. The molecule has 0 N–H and O–H groups in total. The van der Waals surface area contributed by atoms with E-state index in [2.05, 4.69) is 39.0 Å². The third-order valence-corrected chi connectivity index (χ3v) is 7.12. The summed E-state index contributed by atoms with van der Waals surface area (Å²) in [5, 5.41) is 0.850. The molecular weight excluding hydrogens is 438 g/mol. The van der Waals surface area contributed by atoms with Crippen LogP contribution < -0.4 is 4.90 Å². The molecular formula is C21H24BrN3O2S. The number of rotatable bonds is 2. The zero-order valence-corrected chi connectivity index (χ0v) is 18.4. The first kappa shape index (κ1) is 18.9. The van der Waals surface area contributed by atoms with Gasteiger partial charge >= 0.3 is 0 Å². The fourth-order valence-corrected chi connectivity index (χ4v) is 5.41. The zero-order chi connectivity index (χ0) is 19.1. The van der Waals surface area contributed by atoms with Crippen LogP contribution in [0.1, 0.15) is 35.2 Å². The molecule has 0 amide bonds. The van der Waals surface area contributed by atoms with Gasteiger partial charge in [0.15, 0.2) is 5.16 Å². The van der Waals surface area contributed by atoms with Crippen LogP contribution in [0.4, 0.5) is 5.82 Å². The van der Waals surface area contributed by atoms with Gasteiger partial charge in [0.25, 0.3) is 0 Å². The molecule has 0 radical (unpaired) electrons. The molecule has 7 heteroatoms. The van der Waals surface area contributed by atoms with Crippen molar-refractivity contribution in [1.29, 1.82) is 0 Å². The smallest absolute Gasteiger partial charge is 0.189 e. The van der Waals surface area contributed by atoms with E-state index in [9.17, 15) is 0 Å². The van der Waals surface area contributed by atoms with Gasteiger partial charge in [0.1, 0.15) is 5.82 Å². The first-order chi connectivity index (χ1) is 13.7. The average Bonchev–Trinajstić information content (AvgIpc) is 2.74. The number of thioether (sulfide) groups is 1. The Hall–Kier alpha value is -1.15. The summed E-state index contributed by atoms with van der Waals surface area (Å²) in [4.78, 5) is 12.1. The standard InChI is InChI=1S/C21H24BrN3O2S/c1-28-20-23-18-12-21(6-2-3-14-4-5-15(22)11-17(14)21)27-13-16(18)19(24-20)25-7-9-26-10-8-25/h4-5,11H,2-3,6-10,12-13H2,1H3/t21-/m0/s1. The molecule has 0 unspecified atom stereocenters. The highest BCUT2D eigenvalue weighted by atomic mass is 79.9. The fraction of sp³-hybridized carbons (Fsp3) is 0.524. The molecule has 3 heterocycles. The van der Waals surface area contributed by atoms with Crippen molar-refractivity contribution in [2.45, 2.75) is 43.0 Å². The van der Waals surface area contributed by atoms with Crippen LogP contribution in [0.3, 0.4) is 0 Å². The predicted octanol–water partition coefficient (Wildman–Crippen LogP) is 4.10. The van der Waals surface area contributed by atoms with Gasteiger partial charge in [-0.15, -0.1) is 0 Å². The number of benzene rings is 1. The minimum atomic E-state index is -0.267. The van der Waals surface area contributed by atoms with Crippen molar-refractivity contribution < 1.29 is 9.47 Å². The van der Waals surface area contributed by atoms with E-state index in [1.165, 1.54) is 11.1 Å². The molecule has 3 aliphatic rings. The van der Waals surface area contributed by atoms with Crippen LogP contribution in [0, 0.1) is 0 Å². The number of halogens is 1. The normalized spacial score (nSPS) is 24.1. The van der Waals surface area contributed by atoms with Crippen LogP contribution in [0.15, 0.2) is 27.8 Å². The van der Waals surface area contributed by atoms with E-state index in [1.54, 1.807) is 11.8 Å². The molecule has 0 saturated carbocycles. The highest BCUT2D eigenvalue weighted by molar-refractivity contribution is 9.10. The van der Waals surface area contributed by atoms with Crippen LogP contribution in [0.2, 0.25) is 0 Å². The van der Waals surface area contributed by atoms with E-state index in [4.69, 9.17) is 19.4 Å². The Bertz CT molecular complexity index is 903. The number of hydrogen-bond donors (Lipinski definition) is 0. The summed E-state index contributed by atoms with van der Waals surface area (Å²) in [5.74, 6) is 1.04. The highest BCUT2D eigenvalue weighted by Gasteiger charge is 2.42. The third kappa shape index (κ3) is 3.26. The molecule has 2 aromatic rings. The summed E-state index contributed by atoms with van der Waals surface area (Å²) in [6, 6.07) is 6.63. The van der Waals surface area contributed by atoms with E-state index in [1.807, 2.05) is 6.26 Å². The van der Waals surface area contributed by atoms with Crippen molar-refractivity contribution in [3.05, 3.63) is 45.1 Å². The number of aromatic nitrogens is 2. The number of anilines is 1.